The van der Waals surface area contributed by atoms with Gasteiger partial charge in [0.15, 0.2) is 0 Å². The normalized spacial score (nSPS) is 12.1. The van der Waals surface area contributed by atoms with Crippen LogP contribution in [0.25, 0.3) is 11.3 Å². The van der Waals surface area contributed by atoms with Crippen molar-refractivity contribution >= 4 is 17.6 Å². The van der Waals surface area contributed by atoms with Crippen LogP contribution < -0.4 is 5.32 Å². The van der Waals surface area contributed by atoms with E-state index in [1.807, 2.05) is 6.92 Å². The number of aromatic carboxylic acids is 1. The maximum Gasteiger partial charge on any atom is 0.337 e. The molecule has 4 nitrogen and oxygen atoms in total. The summed E-state index contributed by atoms with van der Waals surface area (Å²) in [4.78, 5) is 11.2. The van der Waals surface area contributed by atoms with Crippen molar-refractivity contribution in [3.8, 4) is 11.3 Å². The van der Waals surface area contributed by atoms with Crippen LogP contribution in [0.2, 0.25) is 5.02 Å². The molecule has 2 aromatic carbocycles. The van der Waals surface area contributed by atoms with Crippen LogP contribution >= 0.6 is 11.6 Å². The Morgan fingerprint density at radius 1 is 1.22 bits per heavy atom. The van der Waals surface area contributed by atoms with Crippen molar-refractivity contribution in [1.29, 1.82) is 0 Å². The molecule has 0 saturated carbocycles. The molecule has 1 heterocycles. The minimum absolute atomic E-state index is 0.130. The van der Waals surface area contributed by atoms with Crippen LogP contribution in [0.1, 0.15) is 40.2 Å². The summed E-state index contributed by atoms with van der Waals surface area (Å²) in [5.74, 6) is -1.04. The number of halogens is 2. The van der Waals surface area contributed by atoms with Gasteiger partial charge in [0, 0.05) is 11.6 Å². The average Bonchev–Trinajstić information content (AvgIpc) is 3.11. The summed E-state index contributed by atoms with van der Waals surface area (Å²) < 4.78 is 19.7. The van der Waals surface area contributed by atoms with E-state index in [4.69, 9.17) is 21.1 Å². The fraction of sp³-hybridized carbons (Fsp3) is 0.190. The summed E-state index contributed by atoms with van der Waals surface area (Å²) in [5.41, 5.74) is 2.40. The number of benzene rings is 2. The molecule has 0 spiro atoms. The van der Waals surface area contributed by atoms with E-state index in [2.05, 4.69) is 36.5 Å². The molecule has 140 valence electrons. The van der Waals surface area contributed by atoms with Gasteiger partial charge in [0.1, 0.15) is 17.3 Å². The lowest BCUT2D eigenvalue weighted by Crippen LogP contribution is -2.17. The molecule has 6 heteroatoms. The third kappa shape index (κ3) is 4.38. The number of rotatable bonds is 6. The van der Waals surface area contributed by atoms with Crippen LogP contribution in [0.5, 0.6) is 0 Å². The van der Waals surface area contributed by atoms with E-state index in [-0.39, 0.29) is 11.6 Å². The number of furan rings is 1. The van der Waals surface area contributed by atoms with Crippen molar-refractivity contribution in [3.63, 3.8) is 0 Å². The number of aryl methyl sites for hydroxylation is 1. The van der Waals surface area contributed by atoms with Crippen molar-refractivity contribution in [1.82, 2.24) is 5.32 Å². The lowest BCUT2D eigenvalue weighted by Gasteiger charge is -2.13. The molecule has 27 heavy (non-hydrogen) atoms. The standard InChI is InChI=1S/C21H19ClFNO3/c1-12-3-5-14(6-4-12)13(2)24-11-16-7-8-19(27-16)15-9-17(21(25)26)20(22)18(23)10-15/h3-10,13,24H,11H2,1-2H3,(H,25,26)/t13-/m1/s1. The van der Waals surface area contributed by atoms with E-state index in [9.17, 15) is 9.18 Å². The van der Waals surface area contributed by atoms with Gasteiger partial charge in [-0.05, 0) is 43.7 Å². The van der Waals surface area contributed by atoms with Gasteiger partial charge in [0.25, 0.3) is 0 Å². The molecule has 1 aromatic heterocycles. The van der Waals surface area contributed by atoms with E-state index >= 15 is 0 Å². The fourth-order valence-electron chi connectivity index (χ4n) is 2.74. The van der Waals surface area contributed by atoms with Crippen molar-refractivity contribution in [2.45, 2.75) is 26.4 Å². The van der Waals surface area contributed by atoms with E-state index < -0.39 is 16.8 Å². The Balaban J connectivity index is 1.73. The lowest BCUT2D eigenvalue weighted by molar-refractivity contribution is 0.0696. The smallest absolute Gasteiger partial charge is 0.337 e. The van der Waals surface area contributed by atoms with Gasteiger partial charge in [-0.25, -0.2) is 9.18 Å². The maximum absolute atomic E-state index is 13.9. The lowest BCUT2D eigenvalue weighted by atomic mass is 10.1. The van der Waals surface area contributed by atoms with Gasteiger partial charge in [-0.2, -0.15) is 0 Å². The first-order valence-corrected chi connectivity index (χ1v) is 8.84. The predicted molar refractivity (Wildman–Crippen MR) is 103 cm³/mol. The van der Waals surface area contributed by atoms with Gasteiger partial charge < -0.3 is 14.8 Å². The molecule has 3 rings (SSSR count). The number of carbonyl (C=O) groups is 1. The van der Waals surface area contributed by atoms with E-state index in [1.54, 1.807) is 12.1 Å². The Morgan fingerprint density at radius 3 is 2.59 bits per heavy atom. The zero-order valence-corrected chi connectivity index (χ0v) is 15.7. The number of carboxylic acid groups (broad SMARTS) is 1. The molecular weight excluding hydrogens is 369 g/mol. The highest BCUT2D eigenvalue weighted by Gasteiger charge is 2.17. The average molecular weight is 388 g/mol. The second-order valence-corrected chi connectivity index (χ2v) is 6.78. The molecule has 2 N–H and O–H groups in total. The molecule has 0 amide bonds. The second kappa shape index (κ2) is 7.94. The molecule has 0 radical (unpaired) electrons. The van der Waals surface area contributed by atoms with E-state index in [1.165, 1.54) is 23.3 Å². The number of hydrogen-bond acceptors (Lipinski definition) is 3. The molecule has 0 bridgehead atoms. The van der Waals surface area contributed by atoms with Gasteiger partial charge in [0.05, 0.1) is 17.1 Å². The van der Waals surface area contributed by atoms with Gasteiger partial charge in [-0.3, -0.25) is 0 Å². The SMILES string of the molecule is Cc1ccc([C@@H](C)NCc2ccc(-c3cc(F)c(Cl)c(C(=O)O)c3)o2)cc1. The molecule has 0 fully saturated rings. The molecule has 1 atom stereocenters. The molecular formula is C21H19ClFNO3. The fourth-order valence-corrected chi connectivity index (χ4v) is 2.93. The third-order valence-electron chi connectivity index (χ3n) is 4.36. The van der Waals surface area contributed by atoms with E-state index in [0.29, 0.717) is 23.6 Å². The van der Waals surface area contributed by atoms with Crippen molar-refractivity contribution < 1.29 is 18.7 Å². The summed E-state index contributed by atoms with van der Waals surface area (Å²) in [6.45, 7) is 4.58. The Bertz CT molecular complexity index is 966. The molecule has 3 aromatic rings. The van der Waals surface area contributed by atoms with Gasteiger partial charge in [-0.1, -0.05) is 41.4 Å². The highest BCUT2D eigenvalue weighted by molar-refractivity contribution is 6.33. The summed E-state index contributed by atoms with van der Waals surface area (Å²) in [7, 11) is 0. The number of carboxylic acids is 1. The molecule has 0 saturated heterocycles. The van der Waals surface area contributed by atoms with Crippen molar-refractivity contribution in [2.24, 2.45) is 0 Å². The number of nitrogens with one attached hydrogen (secondary N) is 1. The van der Waals surface area contributed by atoms with Crippen LogP contribution in [0.4, 0.5) is 4.39 Å². The van der Waals surface area contributed by atoms with Gasteiger partial charge in [0.2, 0.25) is 0 Å². The van der Waals surface area contributed by atoms with Crippen LogP contribution in [0.3, 0.4) is 0 Å². The Kier molecular flexibility index (Phi) is 5.63. The first-order chi connectivity index (χ1) is 12.8. The largest absolute Gasteiger partial charge is 0.478 e. The number of hydrogen-bond donors (Lipinski definition) is 2. The summed E-state index contributed by atoms with van der Waals surface area (Å²) in [5, 5.41) is 12.1. The first kappa shape index (κ1) is 19.1. The van der Waals surface area contributed by atoms with Crippen molar-refractivity contribution in [2.75, 3.05) is 0 Å². The molecule has 0 aliphatic carbocycles. The predicted octanol–water partition coefficient (Wildman–Crippen LogP) is 5.60. The second-order valence-electron chi connectivity index (χ2n) is 6.40. The summed E-state index contributed by atoms with van der Waals surface area (Å²) >= 11 is 5.71. The highest BCUT2D eigenvalue weighted by atomic mass is 35.5. The Labute approximate surface area is 161 Å². The first-order valence-electron chi connectivity index (χ1n) is 8.46. The minimum atomic E-state index is -1.29. The molecule has 0 aliphatic rings. The van der Waals surface area contributed by atoms with Gasteiger partial charge in [-0.15, -0.1) is 0 Å². The zero-order valence-electron chi connectivity index (χ0n) is 14.9. The summed E-state index contributed by atoms with van der Waals surface area (Å²) in [6, 6.07) is 14.3. The Morgan fingerprint density at radius 2 is 1.93 bits per heavy atom. The van der Waals surface area contributed by atoms with Crippen LogP contribution in [0, 0.1) is 12.7 Å². The topological polar surface area (TPSA) is 62.5 Å². The molecule has 0 unspecified atom stereocenters. The quantitative estimate of drug-likeness (QED) is 0.578. The zero-order chi connectivity index (χ0) is 19.6. The van der Waals surface area contributed by atoms with E-state index in [0.717, 1.165) is 0 Å². The Hall–Kier alpha value is -2.63. The van der Waals surface area contributed by atoms with Gasteiger partial charge >= 0.3 is 5.97 Å². The minimum Gasteiger partial charge on any atom is -0.478 e. The maximum atomic E-state index is 13.9. The van der Waals surface area contributed by atoms with Crippen LogP contribution in [-0.2, 0) is 6.54 Å². The van der Waals surface area contributed by atoms with Crippen LogP contribution in [-0.4, -0.2) is 11.1 Å². The third-order valence-corrected chi connectivity index (χ3v) is 4.75. The molecule has 0 aliphatic heterocycles. The highest BCUT2D eigenvalue weighted by Crippen LogP contribution is 2.29. The monoisotopic (exact) mass is 387 g/mol. The summed E-state index contributed by atoms with van der Waals surface area (Å²) in [6.07, 6.45) is 0. The van der Waals surface area contributed by atoms with Crippen molar-refractivity contribution in [3.05, 3.63) is 81.8 Å². The van der Waals surface area contributed by atoms with Crippen LogP contribution in [0.15, 0.2) is 52.9 Å².